The summed E-state index contributed by atoms with van der Waals surface area (Å²) in [6, 6.07) is 29.5. The van der Waals surface area contributed by atoms with Crippen molar-refractivity contribution in [3.05, 3.63) is 108 Å². The molecule has 4 heteroatoms. The lowest BCUT2D eigenvalue weighted by atomic mass is 9.66. The number of aldehydes is 1. The zero-order valence-corrected chi connectivity index (χ0v) is 18.2. The fraction of sp³-hybridized carbons (Fsp3) is 0.259. The van der Waals surface area contributed by atoms with Gasteiger partial charge in [-0.05, 0) is 43.9 Å². The number of amides is 1. The Morgan fingerprint density at radius 1 is 0.806 bits per heavy atom. The molecule has 31 heavy (non-hydrogen) atoms. The number of nitrogens with one attached hydrogen (secondary N) is 1. The third-order valence-electron chi connectivity index (χ3n) is 5.19. The topological polar surface area (TPSA) is 55.4 Å². The van der Waals surface area contributed by atoms with Crippen LogP contribution in [-0.4, -0.2) is 24.0 Å². The smallest absolute Gasteiger partial charge is 0.408 e. The third kappa shape index (κ3) is 5.40. The predicted molar refractivity (Wildman–Crippen MR) is 123 cm³/mol. The number of hydrogen-bond donors (Lipinski definition) is 1. The van der Waals surface area contributed by atoms with Crippen molar-refractivity contribution in [1.82, 2.24) is 5.32 Å². The van der Waals surface area contributed by atoms with Gasteiger partial charge in [0.25, 0.3) is 0 Å². The van der Waals surface area contributed by atoms with Gasteiger partial charge in [0.2, 0.25) is 0 Å². The first-order valence-corrected chi connectivity index (χ1v) is 10.5. The van der Waals surface area contributed by atoms with E-state index in [1.807, 2.05) is 54.6 Å². The van der Waals surface area contributed by atoms with Crippen molar-refractivity contribution in [2.24, 2.45) is 0 Å². The minimum Gasteiger partial charge on any atom is -0.444 e. The highest BCUT2D eigenvalue weighted by Gasteiger charge is 2.39. The first-order valence-electron chi connectivity index (χ1n) is 10.5. The average molecular weight is 416 g/mol. The molecular formula is C27H29NO3. The second-order valence-electron chi connectivity index (χ2n) is 8.60. The molecule has 0 fully saturated rings. The van der Waals surface area contributed by atoms with Crippen molar-refractivity contribution in [3.8, 4) is 0 Å². The molecule has 4 nitrogen and oxygen atoms in total. The summed E-state index contributed by atoms with van der Waals surface area (Å²) in [5.74, 6) is 0. The molecule has 3 aromatic rings. The van der Waals surface area contributed by atoms with Crippen LogP contribution in [0.2, 0.25) is 0 Å². The fourth-order valence-corrected chi connectivity index (χ4v) is 3.94. The zero-order chi connectivity index (χ0) is 22.3. The maximum atomic E-state index is 12.4. The molecule has 0 aliphatic rings. The van der Waals surface area contributed by atoms with Gasteiger partial charge in [-0.2, -0.15) is 0 Å². The molecule has 1 unspecified atom stereocenters. The molecule has 3 aromatic carbocycles. The molecule has 1 amide bonds. The van der Waals surface area contributed by atoms with E-state index in [2.05, 4.69) is 41.7 Å². The quantitative estimate of drug-likeness (QED) is 0.409. The maximum absolute atomic E-state index is 12.4. The van der Waals surface area contributed by atoms with Gasteiger partial charge in [0.05, 0.1) is 6.04 Å². The van der Waals surface area contributed by atoms with Crippen LogP contribution in [0.4, 0.5) is 4.79 Å². The summed E-state index contributed by atoms with van der Waals surface area (Å²) >= 11 is 0. The first kappa shape index (κ1) is 22.3. The van der Waals surface area contributed by atoms with E-state index in [9.17, 15) is 9.59 Å². The molecule has 0 bridgehead atoms. The number of hydrogen-bond acceptors (Lipinski definition) is 3. The third-order valence-corrected chi connectivity index (χ3v) is 5.19. The molecule has 1 N–H and O–H groups in total. The fourth-order valence-electron chi connectivity index (χ4n) is 3.94. The largest absolute Gasteiger partial charge is 0.444 e. The van der Waals surface area contributed by atoms with Gasteiger partial charge in [-0.25, -0.2) is 4.79 Å². The SMILES string of the molecule is CC(C)(C)OC(=O)NC(C=O)CC(c1ccccc1)(c1ccccc1)c1ccccc1. The van der Waals surface area contributed by atoms with Gasteiger partial charge in [0, 0.05) is 5.41 Å². The van der Waals surface area contributed by atoms with Crippen LogP contribution in [0.15, 0.2) is 91.0 Å². The lowest BCUT2D eigenvalue weighted by Crippen LogP contribution is -2.45. The van der Waals surface area contributed by atoms with Crippen LogP contribution in [-0.2, 0) is 14.9 Å². The van der Waals surface area contributed by atoms with Crippen molar-refractivity contribution >= 4 is 12.4 Å². The van der Waals surface area contributed by atoms with Crippen LogP contribution >= 0.6 is 0 Å². The number of rotatable bonds is 7. The molecule has 0 radical (unpaired) electrons. The molecule has 0 aromatic heterocycles. The van der Waals surface area contributed by atoms with Crippen molar-refractivity contribution in [1.29, 1.82) is 0 Å². The summed E-state index contributed by atoms with van der Waals surface area (Å²) in [6.45, 7) is 5.39. The van der Waals surface area contributed by atoms with E-state index >= 15 is 0 Å². The van der Waals surface area contributed by atoms with Gasteiger partial charge in [0.1, 0.15) is 11.9 Å². The summed E-state index contributed by atoms with van der Waals surface area (Å²) in [6.07, 6.45) is 0.536. The highest BCUT2D eigenvalue weighted by Crippen LogP contribution is 2.42. The van der Waals surface area contributed by atoms with E-state index in [0.29, 0.717) is 6.42 Å². The number of ether oxygens (including phenoxy) is 1. The Kier molecular flexibility index (Phi) is 6.91. The second-order valence-corrected chi connectivity index (χ2v) is 8.60. The molecule has 0 heterocycles. The van der Waals surface area contributed by atoms with Crippen molar-refractivity contribution in [2.45, 2.75) is 44.2 Å². The Bertz CT molecular complexity index is 883. The normalized spacial score (nSPS) is 12.6. The first-order chi connectivity index (χ1) is 14.8. The Labute approximate surface area is 184 Å². The average Bonchev–Trinajstić information content (AvgIpc) is 2.77. The zero-order valence-electron chi connectivity index (χ0n) is 18.2. The highest BCUT2D eigenvalue weighted by molar-refractivity contribution is 5.74. The van der Waals surface area contributed by atoms with Crippen LogP contribution in [0.3, 0.4) is 0 Å². The molecule has 160 valence electrons. The van der Waals surface area contributed by atoms with Crippen molar-refractivity contribution in [3.63, 3.8) is 0 Å². The number of alkyl carbamates (subject to hydrolysis) is 1. The summed E-state index contributed by atoms with van der Waals surface area (Å²) in [7, 11) is 0. The summed E-state index contributed by atoms with van der Waals surface area (Å²) < 4.78 is 5.39. The molecule has 0 saturated heterocycles. The Morgan fingerprint density at radius 2 is 1.19 bits per heavy atom. The summed E-state index contributed by atoms with van der Waals surface area (Å²) in [4.78, 5) is 24.5. The predicted octanol–water partition coefficient (Wildman–Crippen LogP) is 5.50. The lowest BCUT2D eigenvalue weighted by molar-refractivity contribution is -0.110. The number of benzene rings is 3. The van der Waals surface area contributed by atoms with Gasteiger partial charge in [0.15, 0.2) is 0 Å². The van der Waals surface area contributed by atoms with Gasteiger partial charge in [-0.15, -0.1) is 0 Å². The summed E-state index contributed by atoms with van der Waals surface area (Å²) in [5, 5.41) is 2.76. The molecule has 0 spiro atoms. The minimum atomic E-state index is -0.740. The molecule has 0 aliphatic heterocycles. The van der Waals surface area contributed by atoms with Gasteiger partial charge in [-0.1, -0.05) is 91.0 Å². The molecular weight excluding hydrogens is 386 g/mol. The van der Waals surface area contributed by atoms with E-state index in [0.717, 1.165) is 23.0 Å². The standard InChI is InChI=1S/C27H29NO3/c1-26(2,3)31-25(30)28-24(20-29)19-27(21-13-7-4-8-14-21,22-15-9-5-10-16-22)23-17-11-6-12-18-23/h4-18,20,24H,19H2,1-3H3,(H,28,30). The van der Waals surface area contributed by atoms with E-state index in [1.165, 1.54) is 0 Å². The van der Waals surface area contributed by atoms with E-state index in [4.69, 9.17) is 4.74 Å². The second kappa shape index (κ2) is 9.61. The maximum Gasteiger partial charge on any atom is 0.408 e. The highest BCUT2D eigenvalue weighted by atomic mass is 16.6. The monoisotopic (exact) mass is 415 g/mol. The van der Waals surface area contributed by atoms with E-state index < -0.39 is 23.2 Å². The van der Waals surface area contributed by atoms with Crippen molar-refractivity contribution < 1.29 is 14.3 Å². The molecule has 3 rings (SSSR count). The Balaban J connectivity index is 2.11. The van der Waals surface area contributed by atoms with Crippen LogP contribution < -0.4 is 5.32 Å². The molecule has 1 atom stereocenters. The van der Waals surface area contributed by atoms with Crippen LogP contribution in [0.5, 0.6) is 0 Å². The number of carbonyl (C=O) groups is 2. The van der Waals surface area contributed by atoms with Gasteiger partial charge in [-0.3, -0.25) is 0 Å². The molecule has 0 saturated carbocycles. The minimum absolute atomic E-state index is 0.355. The van der Waals surface area contributed by atoms with Gasteiger partial charge >= 0.3 is 6.09 Å². The number of carbonyl (C=O) groups excluding carboxylic acids is 2. The molecule has 0 aliphatic carbocycles. The van der Waals surface area contributed by atoms with Crippen LogP contribution in [0.25, 0.3) is 0 Å². The lowest BCUT2D eigenvalue weighted by Gasteiger charge is -2.38. The van der Waals surface area contributed by atoms with Crippen molar-refractivity contribution in [2.75, 3.05) is 0 Å². The Morgan fingerprint density at radius 3 is 1.52 bits per heavy atom. The summed E-state index contributed by atoms with van der Waals surface area (Å²) in [5.41, 5.74) is 1.86. The van der Waals surface area contributed by atoms with E-state index in [1.54, 1.807) is 20.8 Å². The Hall–Kier alpha value is -3.40. The van der Waals surface area contributed by atoms with E-state index in [-0.39, 0.29) is 0 Å². The van der Waals surface area contributed by atoms with Gasteiger partial charge < -0.3 is 14.8 Å². The van der Waals surface area contributed by atoms with Crippen LogP contribution in [0.1, 0.15) is 43.9 Å². The van der Waals surface area contributed by atoms with Crippen LogP contribution in [0, 0.1) is 0 Å².